The predicted octanol–water partition coefficient (Wildman–Crippen LogP) is 2.98. The van der Waals surface area contributed by atoms with E-state index < -0.39 is 33.5 Å². The van der Waals surface area contributed by atoms with Crippen LogP contribution in [-0.2, 0) is 26.6 Å². The number of hydrogen-bond donors (Lipinski definition) is 0. The molecule has 3 rings (SSSR count). The van der Waals surface area contributed by atoms with Crippen molar-refractivity contribution in [1.29, 1.82) is 0 Å². The van der Waals surface area contributed by atoms with Crippen LogP contribution in [-0.4, -0.2) is 96.8 Å². The molecule has 3 atom stereocenters. The maximum atomic E-state index is 13.9. The molecule has 1 saturated heterocycles. The fourth-order valence-electron chi connectivity index (χ4n) is 3.96. The summed E-state index contributed by atoms with van der Waals surface area (Å²) in [5, 5.41) is 3.40. The number of aryl methyl sites for hydroxylation is 1. The molecule has 14 heteroatoms. The summed E-state index contributed by atoms with van der Waals surface area (Å²) < 4.78 is 40.9. The molecule has 2 heterocycles. The standard InChI is InChI=1S/C26H37N5O7S2/c1-8-9-12-37-25(33)18(3)31(40(35,36)20-14-27-29(6)15-20)19-10-11-22(38-26(34)28(4)5)21(13-19)23(32)24-30(7)17(2)16-39-24/h10-11,13-15,17-18,24H,8-9,12,16H2,1-7H3/t17?,18-,24-/m0/s1. The van der Waals surface area contributed by atoms with Crippen LogP contribution in [0.15, 0.2) is 35.5 Å². The Morgan fingerprint density at radius 2 is 1.93 bits per heavy atom. The van der Waals surface area contributed by atoms with Gasteiger partial charge in [0.05, 0.1) is 24.1 Å². The van der Waals surface area contributed by atoms with Gasteiger partial charge in [-0.1, -0.05) is 13.3 Å². The van der Waals surface area contributed by atoms with Crippen LogP contribution in [0.5, 0.6) is 5.75 Å². The van der Waals surface area contributed by atoms with Crippen LogP contribution in [0.2, 0.25) is 0 Å². The van der Waals surface area contributed by atoms with Crippen LogP contribution < -0.4 is 9.04 Å². The first-order chi connectivity index (χ1) is 18.8. The number of likely N-dealkylation sites (N-methyl/N-ethyl adjacent to an activating group) is 1. The maximum absolute atomic E-state index is 13.9. The average molecular weight is 596 g/mol. The number of Topliss-reactive ketones (excluding diaryl/α,β-unsaturated/α-hetero) is 1. The summed E-state index contributed by atoms with van der Waals surface area (Å²) in [7, 11) is 2.09. The fraction of sp³-hybridized carbons (Fsp3) is 0.538. The summed E-state index contributed by atoms with van der Waals surface area (Å²) in [6.45, 7) is 5.51. The van der Waals surface area contributed by atoms with Gasteiger partial charge in [0, 0.05) is 39.1 Å². The number of rotatable bonds is 11. The second kappa shape index (κ2) is 13.0. The number of ketones is 1. The van der Waals surface area contributed by atoms with Gasteiger partial charge in [-0.05, 0) is 45.5 Å². The van der Waals surface area contributed by atoms with Crippen molar-refractivity contribution in [3.8, 4) is 5.75 Å². The topological polar surface area (TPSA) is 131 Å². The van der Waals surface area contributed by atoms with Crippen LogP contribution in [0.25, 0.3) is 0 Å². The summed E-state index contributed by atoms with van der Waals surface area (Å²) >= 11 is 1.45. The van der Waals surface area contributed by atoms with Gasteiger partial charge in [0.25, 0.3) is 10.0 Å². The molecule has 0 radical (unpaired) electrons. The van der Waals surface area contributed by atoms with Gasteiger partial charge in [-0.25, -0.2) is 18.0 Å². The van der Waals surface area contributed by atoms with Gasteiger partial charge in [-0.2, -0.15) is 5.10 Å². The third kappa shape index (κ3) is 6.78. The molecule has 40 heavy (non-hydrogen) atoms. The van der Waals surface area contributed by atoms with Crippen LogP contribution in [0.3, 0.4) is 0 Å². The molecule has 1 fully saturated rings. The minimum Gasteiger partial charge on any atom is -0.464 e. The Bertz CT molecular complexity index is 1340. The summed E-state index contributed by atoms with van der Waals surface area (Å²) in [4.78, 5) is 42.2. The third-order valence-electron chi connectivity index (χ3n) is 6.50. The number of anilines is 1. The molecule has 2 aromatic rings. The lowest BCUT2D eigenvalue weighted by molar-refractivity contribution is -0.144. The minimum absolute atomic E-state index is 0.0158. The number of hydrogen-bond acceptors (Lipinski definition) is 10. The average Bonchev–Trinajstić information content (AvgIpc) is 3.49. The summed E-state index contributed by atoms with van der Waals surface area (Å²) in [6, 6.07) is 2.97. The van der Waals surface area contributed by atoms with Gasteiger partial charge in [-0.15, -0.1) is 11.8 Å². The van der Waals surface area contributed by atoms with Crippen molar-refractivity contribution in [2.45, 2.75) is 56.0 Å². The molecule has 0 saturated carbocycles. The molecule has 0 bridgehead atoms. The highest BCUT2D eigenvalue weighted by atomic mass is 32.2. The number of benzene rings is 1. The molecule has 12 nitrogen and oxygen atoms in total. The molecule has 0 N–H and O–H groups in total. The van der Waals surface area contributed by atoms with E-state index >= 15 is 0 Å². The van der Waals surface area contributed by atoms with E-state index in [1.165, 1.54) is 73.0 Å². The van der Waals surface area contributed by atoms with Crippen LogP contribution in [0, 0.1) is 0 Å². The van der Waals surface area contributed by atoms with E-state index in [2.05, 4.69) is 5.10 Å². The highest BCUT2D eigenvalue weighted by Gasteiger charge is 2.38. The van der Waals surface area contributed by atoms with Crippen molar-refractivity contribution in [1.82, 2.24) is 19.6 Å². The number of carbonyl (C=O) groups is 3. The van der Waals surface area contributed by atoms with E-state index in [0.717, 1.165) is 16.5 Å². The fourth-order valence-corrected chi connectivity index (χ4v) is 6.97. The quantitative estimate of drug-likeness (QED) is 0.217. The second-order valence-corrected chi connectivity index (χ2v) is 12.8. The number of carbonyl (C=O) groups excluding carboxylic acids is 3. The van der Waals surface area contributed by atoms with Crippen LogP contribution in [0.4, 0.5) is 10.5 Å². The van der Waals surface area contributed by atoms with Crippen molar-refractivity contribution in [3.63, 3.8) is 0 Å². The van der Waals surface area contributed by atoms with Crippen molar-refractivity contribution in [2.75, 3.05) is 37.8 Å². The zero-order chi connectivity index (χ0) is 29.8. The van der Waals surface area contributed by atoms with Crippen LogP contribution >= 0.6 is 11.8 Å². The highest BCUT2D eigenvalue weighted by molar-refractivity contribution is 8.00. The molecule has 0 aliphatic carbocycles. The SMILES string of the molecule is CCCCOC(=O)[C@H](C)N(c1ccc(OC(=O)N(C)C)c(C(=O)[C@@H]2SCC(C)N2C)c1)S(=O)(=O)c1cnn(C)c1. The van der Waals surface area contributed by atoms with E-state index in [-0.39, 0.29) is 40.3 Å². The van der Waals surface area contributed by atoms with Crippen LogP contribution in [0.1, 0.15) is 44.0 Å². The van der Waals surface area contributed by atoms with Crippen molar-refractivity contribution in [3.05, 3.63) is 36.2 Å². The van der Waals surface area contributed by atoms with E-state index in [0.29, 0.717) is 6.42 Å². The lowest BCUT2D eigenvalue weighted by atomic mass is 10.1. The largest absolute Gasteiger partial charge is 0.464 e. The number of aromatic nitrogens is 2. The van der Waals surface area contributed by atoms with Gasteiger partial charge < -0.3 is 14.4 Å². The zero-order valence-electron chi connectivity index (χ0n) is 23.9. The first kappa shape index (κ1) is 31.4. The molecule has 1 aromatic heterocycles. The molecule has 1 aromatic carbocycles. The molecular formula is C26H37N5O7S2. The Hall–Kier alpha value is -3.10. The Kier molecular flexibility index (Phi) is 10.2. The molecular weight excluding hydrogens is 558 g/mol. The monoisotopic (exact) mass is 595 g/mol. The zero-order valence-corrected chi connectivity index (χ0v) is 25.5. The summed E-state index contributed by atoms with van der Waals surface area (Å²) in [5.41, 5.74) is 0.0552. The highest BCUT2D eigenvalue weighted by Crippen LogP contribution is 2.36. The molecule has 1 amide bonds. The van der Waals surface area contributed by atoms with E-state index in [4.69, 9.17) is 9.47 Å². The molecule has 220 valence electrons. The van der Waals surface area contributed by atoms with Gasteiger partial charge in [0.2, 0.25) is 0 Å². The third-order valence-corrected chi connectivity index (χ3v) is 9.89. The smallest absolute Gasteiger partial charge is 0.414 e. The summed E-state index contributed by atoms with van der Waals surface area (Å²) in [5.74, 6) is -0.381. The normalized spacial score (nSPS) is 18.3. The Morgan fingerprint density at radius 1 is 1.23 bits per heavy atom. The number of ether oxygens (including phenoxy) is 2. The number of thioether (sulfide) groups is 1. The lowest BCUT2D eigenvalue weighted by Gasteiger charge is -2.29. The number of esters is 1. The van der Waals surface area contributed by atoms with Crippen molar-refractivity contribution < 1.29 is 32.3 Å². The minimum atomic E-state index is -4.33. The molecule has 0 spiro atoms. The van der Waals surface area contributed by atoms with Gasteiger partial charge in [0.15, 0.2) is 5.78 Å². The first-order valence-electron chi connectivity index (χ1n) is 12.9. The Morgan fingerprint density at radius 3 is 2.48 bits per heavy atom. The van der Waals surface area contributed by atoms with E-state index in [9.17, 15) is 22.8 Å². The number of unbranched alkanes of at least 4 members (excludes halogenated alkanes) is 1. The second-order valence-electron chi connectivity index (χ2n) is 9.85. The molecule has 1 aliphatic rings. The van der Waals surface area contributed by atoms with Gasteiger partial charge in [0.1, 0.15) is 22.1 Å². The molecule has 1 aliphatic heterocycles. The first-order valence-corrected chi connectivity index (χ1v) is 15.4. The number of nitrogens with zero attached hydrogens (tertiary/aromatic N) is 5. The lowest BCUT2D eigenvalue weighted by Crippen LogP contribution is -2.44. The maximum Gasteiger partial charge on any atom is 0.414 e. The number of sulfonamides is 1. The Labute approximate surface area is 239 Å². The predicted molar refractivity (Wildman–Crippen MR) is 152 cm³/mol. The van der Waals surface area contributed by atoms with E-state index in [1.54, 1.807) is 7.05 Å². The van der Waals surface area contributed by atoms with Crippen molar-refractivity contribution in [2.24, 2.45) is 7.05 Å². The molecule has 1 unspecified atom stereocenters. The van der Waals surface area contributed by atoms with Gasteiger partial charge >= 0.3 is 12.1 Å². The summed E-state index contributed by atoms with van der Waals surface area (Å²) in [6.07, 6.45) is 3.23. The van der Waals surface area contributed by atoms with Gasteiger partial charge in [-0.3, -0.25) is 18.7 Å². The Balaban J connectivity index is 2.15. The van der Waals surface area contributed by atoms with Crippen molar-refractivity contribution >= 4 is 45.3 Å². The number of amides is 1. The van der Waals surface area contributed by atoms with E-state index in [1.807, 2.05) is 25.8 Å².